The maximum absolute atomic E-state index is 13.6. The zero-order valence-corrected chi connectivity index (χ0v) is 18.6. The van der Waals surface area contributed by atoms with E-state index in [0.29, 0.717) is 5.69 Å². The third kappa shape index (κ3) is 2.38. The van der Waals surface area contributed by atoms with Crippen molar-refractivity contribution in [3.63, 3.8) is 0 Å². The second kappa shape index (κ2) is 6.68. The highest BCUT2D eigenvalue weighted by Crippen LogP contribution is 2.68. The number of amides is 2. The lowest BCUT2D eigenvalue weighted by Crippen LogP contribution is -2.42. The quantitative estimate of drug-likeness (QED) is 0.584. The predicted molar refractivity (Wildman–Crippen MR) is 124 cm³/mol. The molecule has 4 aliphatic rings. The van der Waals surface area contributed by atoms with Gasteiger partial charge in [-0.3, -0.25) is 19.3 Å². The van der Waals surface area contributed by atoms with Gasteiger partial charge in [-0.1, -0.05) is 59.9 Å². The lowest BCUT2D eigenvalue weighted by atomic mass is 9.68. The molecule has 0 radical (unpaired) electrons. The minimum atomic E-state index is -0.252. The Bertz CT molecular complexity index is 1300. The minimum Gasteiger partial charge on any atom is -0.307 e. The van der Waals surface area contributed by atoms with Crippen molar-refractivity contribution in [3.05, 3.63) is 80.8 Å². The Labute approximate surface area is 192 Å². The molecule has 7 atom stereocenters. The van der Waals surface area contributed by atoms with Crippen molar-refractivity contribution in [2.24, 2.45) is 29.6 Å². The number of nitrogens with one attached hydrogen (secondary N) is 1. The molecule has 3 fully saturated rings. The van der Waals surface area contributed by atoms with Crippen LogP contribution in [-0.4, -0.2) is 22.0 Å². The standard InChI is InChI=1S/C25H20N2O3S2/c28-23-18-14-11-15(19(18)24(29)27(23)13-9-5-2-6-10-13)20-17(14)16(12-7-3-1-4-8-12)21-22(31-20)26-25(30)32-21/h1-10,14-20H,11H2,(H,26,30)/t14-,15-,16-,17-,18-,19+,20-/m0/s1. The van der Waals surface area contributed by atoms with Crippen molar-refractivity contribution in [2.75, 3.05) is 4.90 Å². The van der Waals surface area contributed by atoms with Crippen LogP contribution >= 0.6 is 23.1 Å². The number of H-pyrrole nitrogens is 1. The second-order valence-electron chi connectivity index (χ2n) is 9.22. The summed E-state index contributed by atoms with van der Waals surface area (Å²) in [5.41, 5.74) is 1.87. The molecule has 2 amide bonds. The van der Waals surface area contributed by atoms with E-state index >= 15 is 0 Å². The largest absolute Gasteiger partial charge is 0.307 e. The Balaban J connectivity index is 1.34. The zero-order valence-electron chi connectivity index (χ0n) is 17.0. The van der Waals surface area contributed by atoms with E-state index in [2.05, 4.69) is 17.1 Å². The Morgan fingerprint density at radius 1 is 0.844 bits per heavy atom. The molecule has 2 aromatic carbocycles. The number of aromatic nitrogens is 1. The minimum absolute atomic E-state index is 0.0293. The monoisotopic (exact) mass is 460 g/mol. The number of anilines is 1. The van der Waals surface area contributed by atoms with Crippen LogP contribution < -0.4 is 9.77 Å². The number of thioether (sulfide) groups is 1. The Morgan fingerprint density at radius 2 is 1.50 bits per heavy atom. The summed E-state index contributed by atoms with van der Waals surface area (Å²) >= 11 is 3.03. The molecule has 32 heavy (non-hydrogen) atoms. The summed E-state index contributed by atoms with van der Waals surface area (Å²) in [6, 6.07) is 19.7. The van der Waals surface area contributed by atoms with Crippen molar-refractivity contribution in [1.29, 1.82) is 0 Å². The highest BCUT2D eigenvalue weighted by molar-refractivity contribution is 8.00. The molecule has 160 valence electrons. The Hall–Kier alpha value is -2.64. The molecule has 2 saturated carbocycles. The first-order valence-corrected chi connectivity index (χ1v) is 12.7. The van der Waals surface area contributed by atoms with Crippen LogP contribution in [0.25, 0.3) is 0 Å². The maximum Gasteiger partial charge on any atom is 0.305 e. The van der Waals surface area contributed by atoms with Crippen LogP contribution in [0.4, 0.5) is 5.69 Å². The third-order valence-electron chi connectivity index (χ3n) is 7.90. The molecular formula is C25H20N2O3S2. The smallest absolute Gasteiger partial charge is 0.305 e. The van der Waals surface area contributed by atoms with Crippen LogP contribution in [0.15, 0.2) is 70.5 Å². The first kappa shape index (κ1) is 18.9. The van der Waals surface area contributed by atoms with Crippen molar-refractivity contribution >= 4 is 40.6 Å². The fourth-order valence-electron chi connectivity index (χ4n) is 6.88. The zero-order chi connectivity index (χ0) is 21.6. The van der Waals surface area contributed by atoms with Gasteiger partial charge >= 0.3 is 4.87 Å². The highest BCUT2D eigenvalue weighted by atomic mass is 32.2. The molecule has 2 aliphatic carbocycles. The van der Waals surface area contributed by atoms with Crippen LogP contribution in [0.5, 0.6) is 0 Å². The summed E-state index contributed by atoms with van der Waals surface area (Å²) in [7, 11) is 0. The molecule has 2 aliphatic heterocycles. The van der Waals surface area contributed by atoms with Gasteiger partial charge in [0.05, 0.1) is 22.5 Å². The molecule has 0 spiro atoms. The van der Waals surface area contributed by atoms with Crippen molar-refractivity contribution in [1.82, 2.24) is 4.98 Å². The molecule has 1 N–H and O–H groups in total. The van der Waals surface area contributed by atoms with E-state index in [1.54, 1.807) is 11.8 Å². The second-order valence-corrected chi connectivity index (χ2v) is 11.4. The van der Waals surface area contributed by atoms with Gasteiger partial charge in [-0.25, -0.2) is 0 Å². The molecule has 2 bridgehead atoms. The van der Waals surface area contributed by atoms with Crippen LogP contribution in [0.3, 0.4) is 0 Å². The molecule has 3 heterocycles. The Morgan fingerprint density at radius 3 is 2.22 bits per heavy atom. The van der Waals surface area contributed by atoms with E-state index in [-0.39, 0.29) is 57.4 Å². The number of rotatable bonds is 2. The maximum atomic E-state index is 13.6. The first-order valence-electron chi connectivity index (χ1n) is 11.0. The van der Waals surface area contributed by atoms with E-state index in [4.69, 9.17) is 0 Å². The van der Waals surface area contributed by atoms with E-state index in [0.717, 1.165) is 16.3 Å². The normalized spacial score (nSPS) is 34.5. The summed E-state index contributed by atoms with van der Waals surface area (Å²) in [6.07, 6.45) is 0.917. The topological polar surface area (TPSA) is 70.2 Å². The van der Waals surface area contributed by atoms with E-state index in [1.165, 1.54) is 21.8 Å². The van der Waals surface area contributed by atoms with Crippen LogP contribution in [0.1, 0.15) is 22.8 Å². The Kier molecular flexibility index (Phi) is 3.94. The number of benzene rings is 2. The van der Waals surface area contributed by atoms with Crippen molar-refractivity contribution < 1.29 is 9.59 Å². The fraction of sp³-hybridized carbons (Fsp3) is 0.320. The number of carbonyl (C=O) groups excluding carboxylic acids is 2. The van der Waals surface area contributed by atoms with Gasteiger partial charge in [-0.15, -0.1) is 11.8 Å². The lowest BCUT2D eigenvalue weighted by Gasteiger charge is -2.43. The molecule has 1 aromatic heterocycles. The van der Waals surface area contributed by atoms with Crippen LogP contribution in [0.2, 0.25) is 0 Å². The number of nitrogens with zero attached hydrogens (tertiary/aromatic N) is 1. The van der Waals surface area contributed by atoms with Gasteiger partial charge in [-0.2, -0.15) is 0 Å². The number of hydrogen-bond acceptors (Lipinski definition) is 5. The number of thiazole rings is 1. The van der Waals surface area contributed by atoms with E-state index in [1.807, 2.05) is 48.5 Å². The highest BCUT2D eigenvalue weighted by Gasteiger charge is 2.69. The van der Waals surface area contributed by atoms with Gasteiger partial charge in [0.1, 0.15) is 0 Å². The summed E-state index contributed by atoms with van der Waals surface area (Å²) in [6.45, 7) is 0. The number of fused-ring (bicyclic) bond motifs is 9. The van der Waals surface area contributed by atoms with Gasteiger partial charge < -0.3 is 4.98 Å². The number of carbonyl (C=O) groups is 2. The molecular weight excluding hydrogens is 440 g/mol. The molecule has 7 rings (SSSR count). The molecule has 5 nitrogen and oxygen atoms in total. The number of imide groups is 1. The molecule has 7 heteroatoms. The average Bonchev–Trinajstić information content (AvgIpc) is 3.53. The van der Waals surface area contributed by atoms with Crippen LogP contribution in [-0.2, 0) is 9.59 Å². The predicted octanol–water partition coefficient (Wildman–Crippen LogP) is 4.11. The molecule has 0 unspecified atom stereocenters. The number of aromatic amines is 1. The van der Waals surface area contributed by atoms with Gasteiger partial charge in [0.2, 0.25) is 11.8 Å². The van der Waals surface area contributed by atoms with Gasteiger partial charge in [0.15, 0.2) is 0 Å². The van der Waals surface area contributed by atoms with Crippen molar-refractivity contribution in [2.45, 2.75) is 22.6 Å². The SMILES string of the molecule is O=C1[C@@H]2[C@@H]3C[C@H]([C@@H]2C(=O)N1c1ccccc1)[C@H]1[C@H](c2ccccc2)c2sc(=O)[nH]c2S[C@@H]31. The van der Waals surface area contributed by atoms with E-state index < -0.39 is 0 Å². The molecule has 3 aromatic rings. The van der Waals surface area contributed by atoms with Gasteiger partial charge in [-0.05, 0) is 41.9 Å². The average molecular weight is 461 g/mol. The fourth-order valence-corrected chi connectivity index (χ4v) is 9.77. The van der Waals surface area contributed by atoms with Gasteiger partial charge in [0.25, 0.3) is 0 Å². The first-order chi connectivity index (χ1) is 15.6. The summed E-state index contributed by atoms with van der Waals surface area (Å²) < 4.78 is 0. The number of para-hydroxylation sites is 1. The molecule has 1 saturated heterocycles. The lowest BCUT2D eigenvalue weighted by molar-refractivity contribution is -0.123. The third-order valence-corrected chi connectivity index (χ3v) is 10.5. The van der Waals surface area contributed by atoms with Crippen molar-refractivity contribution in [3.8, 4) is 0 Å². The summed E-state index contributed by atoms with van der Waals surface area (Å²) in [5.74, 6) is 0.0747. The number of hydrogen-bond donors (Lipinski definition) is 1. The summed E-state index contributed by atoms with van der Waals surface area (Å²) in [4.78, 5) is 44.9. The van der Waals surface area contributed by atoms with Gasteiger partial charge in [0, 0.05) is 16.0 Å². The van der Waals surface area contributed by atoms with E-state index in [9.17, 15) is 14.4 Å². The van der Waals surface area contributed by atoms with Crippen LogP contribution in [0, 0.1) is 29.6 Å². The summed E-state index contributed by atoms with van der Waals surface area (Å²) in [5, 5.41) is 1.19.